The molecule has 0 spiro atoms. The van der Waals surface area contributed by atoms with E-state index >= 15 is 0 Å². The number of nitrogens with one attached hydrogen (secondary N) is 1. The molecule has 1 N–H and O–H groups in total. The summed E-state index contributed by atoms with van der Waals surface area (Å²) in [6, 6.07) is 6.87. The molecule has 1 aliphatic heterocycles. The van der Waals surface area contributed by atoms with Gasteiger partial charge in [-0.05, 0) is 26.1 Å². The summed E-state index contributed by atoms with van der Waals surface area (Å²) in [7, 11) is -1.40. The topological polar surface area (TPSA) is 52.7 Å². The quantitative estimate of drug-likeness (QED) is 0.865. The van der Waals surface area contributed by atoms with Gasteiger partial charge in [-0.15, -0.1) is 4.83 Å². The lowest BCUT2D eigenvalue weighted by atomic mass is 10.2. The molecular weight excluding hydrogens is 250 g/mol. The third-order valence-electron chi connectivity index (χ3n) is 3.08. The number of benzene rings is 1. The van der Waals surface area contributed by atoms with Crippen LogP contribution in [0.3, 0.4) is 0 Å². The maximum absolute atomic E-state index is 12.1. The molecule has 1 aliphatic rings. The average molecular weight is 269 g/mol. The van der Waals surface area contributed by atoms with Crippen LogP contribution in [-0.2, 0) is 10.0 Å². The Bertz CT molecular complexity index is 491. The molecule has 0 unspecified atom stereocenters. The van der Waals surface area contributed by atoms with Crippen LogP contribution in [0.4, 0.5) is 0 Å². The lowest BCUT2D eigenvalue weighted by molar-refractivity contribution is 0.135. The van der Waals surface area contributed by atoms with Crippen molar-refractivity contribution in [1.82, 2.24) is 14.7 Å². The van der Waals surface area contributed by atoms with Gasteiger partial charge in [0.2, 0.25) is 0 Å². The summed E-state index contributed by atoms with van der Waals surface area (Å²) in [6.45, 7) is 5.10. The number of nitrogens with zero attached hydrogens (tertiary/aromatic N) is 2. The third-order valence-corrected chi connectivity index (χ3v) is 4.48. The van der Waals surface area contributed by atoms with E-state index in [-0.39, 0.29) is 0 Å². The van der Waals surface area contributed by atoms with E-state index in [2.05, 4.69) is 9.73 Å². The van der Waals surface area contributed by atoms with Gasteiger partial charge in [-0.2, -0.15) is 0 Å². The predicted molar refractivity (Wildman–Crippen MR) is 70.6 cm³/mol. The fraction of sp³-hybridized carbons (Fsp3) is 0.500. The minimum atomic E-state index is -3.44. The fourth-order valence-corrected chi connectivity index (χ4v) is 2.96. The van der Waals surface area contributed by atoms with Gasteiger partial charge in [0, 0.05) is 26.2 Å². The van der Waals surface area contributed by atoms with Gasteiger partial charge in [0.15, 0.2) is 0 Å². The third kappa shape index (κ3) is 3.29. The zero-order valence-electron chi connectivity index (χ0n) is 10.8. The van der Waals surface area contributed by atoms with Gasteiger partial charge in [-0.1, -0.05) is 17.7 Å². The second kappa shape index (κ2) is 5.36. The second-order valence-corrected chi connectivity index (χ2v) is 6.36. The number of hydrazine groups is 1. The maximum Gasteiger partial charge on any atom is 0.253 e. The first-order valence-electron chi connectivity index (χ1n) is 6.00. The first kappa shape index (κ1) is 13.5. The van der Waals surface area contributed by atoms with E-state index in [9.17, 15) is 8.42 Å². The molecule has 1 heterocycles. The van der Waals surface area contributed by atoms with E-state index in [1.807, 2.05) is 14.0 Å². The van der Waals surface area contributed by atoms with Gasteiger partial charge in [0.05, 0.1) is 4.90 Å². The highest BCUT2D eigenvalue weighted by atomic mass is 32.2. The molecule has 5 nitrogen and oxygen atoms in total. The summed E-state index contributed by atoms with van der Waals surface area (Å²) in [5.41, 5.74) is 1.05. The Kier molecular flexibility index (Phi) is 4.01. The molecule has 0 aliphatic carbocycles. The Hall–Kier alpha value is -0.950. The number of piperazine rings is 1. The van der Waals surface area contributed by atoms with Crippen molar-refractivity contribution in [3.05, 3.63) is 29.8 Å². The molecule has 2 rings (SSSR count). The van der Waals surface area contributed by atoms with Crippen molar-refractivity contribution >= 4 is 10.0 Å². The van der Waals surface area contributed by atoms with E-state index in [4.69, 9.17) is 0 Å². The van der Waals surface area contributed by atoms with E-state index < -0.39 is 10.0 Å². The van der Waals surface area contributed by atoms with Crippen LogP contribution < -0.4 is 4.83 Å². The van der Waals surface area contributed by atoms with E-state index in [1.165, 1.54) is 0 Å². The Morgan fingerprint density at radius 3 is 2.17 bits per heavy atom. The lowest BCUT2D eigenvalue weighted by Crippen LogP contribution is -2.52. The van der Waals surface area contributed by atoms with Crippen molar-refractivity contribution in [3.63, 3.8) is 0 Å². The normalized spacial score (nSPS) is 19.0. The zero-order valence-corrected chi connectivity index (χ0v) is 11.6. The minimum Gasteiger partial charge on any atom is -0.304 e. The molecule has 0 atom stereocenters. The summed E-state index contributed by atoms with van der Waals surface area (Å²) in [6.07, 6.45) is 0. The molecule has 1 saturated heterocycles. The van der Waals surface area contributed by atoms with E-state index in [0.29, 0.717) is 18.0 Å². The second-order valence-electron chi connectivity index (χ2n) is 4.70. The molecular formula is C12H19N3O2S. The monoisotopic (exact) mass is 269 g/mol. The van der Waals surface area contributed by atoms with Gasteiger partial charge in [0.25, 0.3) is 10.0 Å². The highest BCUT2D eigenvalue weighted by Gasteiger charge is 2.20. The molecule has 0 saturated carbocycles. The summed E-state index contributed by atoms with van der Waals surface area (Å²) in [5, 5.41) is 1.76. The molecule has 18 heavy (non-hydrogen) atoms. The Morgan fingerprint density at radius 2 is 1.61 bits per heavy atom. The number of hydrogen-bond acceptors (Lipinski definition) is 4. The predicted octanol–water partition coefficient (Wildman–Crippen LogP) is 0.436. The molecule has 1 aromatic carbocycles. The van der Waals surface area contributed by atoms with Crippen molar-refractivity contribution < 1.29 is 8.42 Å². The van der Waals surface area contributed by atoms with Gasteiger partial charge >= 0.3 is 0 Å². The highest BCUT2D eigenvalue weighted by molar-refractivity contribution is 7.89. The summed E-state index contributed by atoms with van der Waals surface area (Å²) in [5.74, 6) is 0. The van der Waals surface area contributed by atoms with E-state index in [0.717, 1.165) is 18.7 Å². The van der Waals surface area contributed by atoms with Gasteiger partial charge in [-0.25, -0.2) is 13.4 Å². The summed E-state index contributed by atoms with van der Waals surface area (Å²) >= 11 is 0. The highest BCUT2D eigenvalue weighted by Crippen LogP contribution is 2.10. The van der Waals surface area contributed by atoms with Crippen LogP contribution in [0, 0.1) is 6.92 Å². The van der Waals surface area contributed by atoms with Crippen LogP contribution in [0.2, 0.25) is 0 Å². The first-order valence-corrected chi connectivity index (χ1v) is 7.48. The molecule has 100 valence electrons. The lowest BCUT2D eigenvalue weighted by Gasteiger charge is -2.32. The van der Waals surface area contributed by atoms with Crippen molar-refractivity contribution in [2.24, 2.45) is 0 Å². The molecule has 0 aromatic heterocycles. The van der Waals surface area contributed by atoms with Crippen molar-refractivity contribution in [1.29, 1.82) is 0 Å². The minimum absolute atomic E-state index is 0.312. The summed E-state index contributed by atoms with van der Waals surface area (Å²) < 4.78 is 24.3. The maximum atomic E-state index is 12.1. The first-order chi connectivity index (χ1) is 8.47. The number of aryl methyl sites for hydroxylation is 1. The Balaban J connectivity index is 2.05. The van der Waals surface area contributed by atoms with Crippen LogP contribution in [0.25, 0.3) is 0 Å². The number of rotatable bonds is 3. The number of sulfonamides is 1. The average Bonchev–Trinajstić information content (AvgIpc) is 2.32. The Morgan fingerprint density at radius 1 is 1.06 bits per heavy atom. The summed E-state index contributed by atoms with van der Waals surface area (Å²) in [4.78, 5) is 5.12. The number of likely N-dealkylation sites (N-methyl/N-ethyl adjacent to an activating group) is 1. The van der Waals surface area contributed by atoms with Crippen molar-refractivity contribution in [2.75, 3.05) is 33.2 Å². The van der Waals surface area contributed by atoms with Crippen LogP contribution in [-0.4, -0.2) is 51.6 Å². The molecule has 1 fully saturated rings. The van der Waals surface area contributed by atoms with Crippen molar-refractivity contribution in [2.45, 2.75) is 11.8 Å². The van der Waals surface area contributed by atoms with Crippen LogP contribution in [0.5, 0.6) is 0 Å². The molecule has 0 bridgehead atoms. The van der Waals surface area contributed by atoms with Gasteiger partial charge < -0.3 is 4.90 Å². The smallest absolute Gasteiger partial charge is 0.253 e. The van der Waals surface area contributed by atoms with E-state index in [1.54, 1.807) is 29.3 Å². The fourth-order valence-electron chi connectivity index (χ4n) is 1.84. The molecule has 0 amide bonds. The molecule has 6 heteroatoms. The van der Waals surface area contributed by atoms with Crippen molar-refractivity contribution in [3.8, 4) is 0 Å². The SMILES string of the molecule is Cc1ccc(S(=O)(=O)NN2CCN(C)CC2)cc1. The van der Waals surface area contributed by atoms with Gasteiger partial charge in [0.1, 0.15) is 0 Å². The largest absolute Gasteiger partial charge is 0.304 e. The van der Waals surface area contributed by atoms with Gasteiger partial charge in [-0.3, -0.25) is 0 Å². The molecule has 1 aromatic rings. The standard InChI is InChI=1S/C12H19N3O2S/c1-11-3-5-12(6-4-11)18(16,17)13-15-9-7-14(2)8-10-15/h3-6,13H,7-10H2,1-2H3. The number of hydrogen-bond donors (Lipinski definition) is 1. The molecule has 0 radical (unpaired) electrons. The Labute approximate surface area is 108 Å². The van der Waals surface area contributed by atoms with Crippen LogP contribution >= 0.6 is 0 Å². The van der Waals surface area contributed by atoms with Crippen LogP contribution in [0.15, 0.2) is 29.2 Å². The van der Waals surface area contributed by atoms with Crippen LogP contribution in [0.1, 0.15) is 5.56 Å². The zero-order chi connectivity index (χ0) is 13.2.